The lowest BCUT2D eigenvalue weighted by molar-refractivity contribution is -0.142. The normalized spacial score (nSPS) is 16.9. The Bertz CT molecular complexity index is 191. The van der Waals surface area contributed by atoms with E-state index in [1.54, 1.807) is 14.0 Å². The highest BCUT2D eigenvalue weighted by atomic mass is 16.5. The summed E-state index contributed by atoms with van der Waals surface area (Å²) in [4.78, 5) is 11.8. The molecule has 0 aromatic rings. The highest BCUT2D eigenvalue weighted by Crippen LogP contribution is 2.14. The minimum absolute atomic E-state index is 0.0444. The van der Waals surface area contributed by atoms with E-state index in [0.717, 1.165) is 12.8 Å². The van der Waals surface area contributed by atoms with Crippen molar-refractivity contribution in [3.63, 3.8) is 0 Å². The molecule has 0 aliphatic rings. The first kappa shape index (κ1) is 14.4. The zero-order valence-electron chi connectivity index (χ0n) is 10.3. The van der Waals surface area contributed by atoms with Gasteiger partial charge in [0.15, 0.2) is 0 Å². The monoisotopic (exact) mass is 216 g/mol. The number of amides is 1. The maximum absolute atomic E-state index is 11.8. The number of rotatable bonds is 7. The van der Waals surface area contributed by atoms with Gasteiger partial charge in [0.25, 0.3) is 5.91 Å². The maximum Gasteiger partial charge on any atom is 0.252 e. The molecule has 0 aromatic carbocycles. The van der Waals surface area contributed by atoms with Gasteiger partial charge < -0.3 is 15.8 Å². The van der Waals surface area contributed by atoms with Gasteiger partial charge >= 0.3 is 0 Å². The molecular formula is C11H24N2O2. The van der Waals surface area contributed by atoms with Crippen LogP contribution in [0.15, 0.2) is 0 Å². The van der Waals surface area contributed by atoms with E-state index in [0.29, 0.717) is 13.0 Å². The molecule has 4 nitrogen and oxygen atoms in total. The molecule has 0 saturated carbocycles. The summed E-state index contributed by atoms with van der Waals surface area (Å²) in [6, 6.07) is 0.155. The molecule has 0 rings (SSSR count). The number of carbonyl (C=O) groups is 1. The highest BCUT2D eigenvalue weighted by Gasteiger charge is 2.31. The quantitative estimate of drug-likeness (QED) is 0.668. The van der Waals surface area contributed by atoms with Gasteiger partial charge in [-0.05, 0) is 39.7 Å². The van der Waals surface area contributed by atoms with Gasteiger partial charge in [-0.25, -0.2) is 0 Å². The molecule has 0 saturated heterocycles. The van der Waals surface area contributed by atoms with Crippen LogP contribution in [0.2, 0.25) is 0 Å². The predicted octanol–water partition coefficient (Wildman–Crippen LogP) is 1.05. The van der Waals surface area contributed by atoms with Gasteiger partial charge in [0.2, 0.25) is 0 Å². The van der Waals surface area contributed by atoms with Crippen LogP contribution < -0.4 is 11.1 Å². The Kier molecular flexibility index (Phi) is 6.52. The first-order valence-electron chi connectivity index (χ1n) is 5.56. The van der Waals surface area contributed by atoms with Gasteiger partial charge in [-0.1, -0.05) is 6.92 Å². The predicted molar refractivity (Wildman–Crippen MR) is 61.6 cm³/mol. The van der Waals surface area contributed by atoms with E-state index in [9.17, 15) is 4.79 Å². The van der Waals surface area contributed by atoms with Gasteiger partial charge in [0.1, 0.15) is 5.60 Å². The number of ether oxygens (including phenoxy) is 1. The summed E-state index contributed by atoms with van der Waals surface area (Å²) in [6.45, 7) is 6.39. The van der Waals surface area contributed by atoms with E-state index >= 15 is 0 Å². The molecule has 90 valence electrons. The summed E-state index contributed by atoms with van der Waals surface area (Å²) in [5, 5.41) is 2.94. The van der Waals surface area contributed by atoms with Crippen LogP contribution in [0.1, 0.15) is 40.0 Å². The molecule has 3 N–H and O–H groups in total. The first-order chi connectivity index (χ1) is 7.00. The molecule has 15 heavy (non-hydrogen) atoms. The Morgan fingerprint density at radius 3 is 2.60 bits per heavy atom. The molecule has 2 atom stereocenters. The number of hydrogen-bond acceptors (Lipinski definition) is 3. The molecule has 0 bridgehead atoms. The zero-order valence-corrected chi connectivity index (χ0v) is 10.3. The van der Waals surface area contributed by atoms with Crippen LogP contribution in [0.3, 0.4) is 0 Å². The standard InChI is InChI=1S/C11H24N2O2/c1-5-11(3,15-4)10(14)13-9(2)7-6-8-12/h9H,5-8,12H2,1-4H3,(H,13,14). The summed E-state index contributed by atoms with van der Waals surface area (Å²) < 4.78 is 5.22. The van der Waals surface area contributed by atoms with Crippen molar-refractivity contribution >= 4 is 5.91 Å². The van der Waals surface area contributed by atoms with Crippen LogP contribution >= 0.6 is 0 Å². The molecule has 0 aromatic heterocycles. The van der Waals surface area contributed by atoms with Crippen LogP contribution in [0, 0.1) is 0 Å². The first-order valence-corrected chi connectivity index (χ1v) is 5.56. The van der Waals surface area contributed by atoms with Crippen LogP contribution in [-0.2, 0) is 9.53 Å². The van der Waals surface area contributed by atoms with Crippen LogP contribution in [0.5, 0.6) is 0 Å². The van der Waals surface area contributed by atoms with Gasteiger partial charge in [-0.3, -0.25) is 4.79 Å². The van der Waals surface area contributed by atoms with E-state index in [1.807, 2.05) is 13.8 Å². The molecule has 1 amide bonds. The third kappa shape index (κ3) is 4.62. The van der Waals surface area contributed by atoms with Crippen molar-refractivity contribution in [3.05, 3.63) is 0 Å². The van der Waals surface area contributed by atoms with Crippen molar-refractivity contribution in [3.8, 4) is 0 Å². The summed E-state index contributed by atoms with van der Waals surface area (Å²) in [5.41, 5.74) is 4.70. The second-order valence-corrected chi connectivity index (χ2v) is 4.09. The van der Waals surface area contributed by atoms with E-state index < -0.39 is 5.60 Å². The van der Waals surface area contributed by atoms with Gasteiger partial charge in [-0.15, -0.1) is 0 Å². The highest BCUT2D eigenvalue weighted by molar-refractivity contribution is 5.84. The smallest absolute Gasteiger partial charge is 0.252 e. The number of nitrogens with one attached hydrogen (secondary N) is 1. The zero-order chi connectivity index (χ0) is 11.9. The number of carbonyl (C=O) groups excluding carboxylic acids is 1. The molecule has 0 heterocycles. The van der Waals surface area contributed by atoms with E-state index in [1.165, 1.54) is 0 Å². The SMILES string of the molecule is CCC(C)(OC)C(=O)NC(C)CCCN. The molecule has 2 unspecified atom stereocenters. The summed E-state index contributed by atoms with van der Waals surface area (Å²) in [6.07, 6.45) is 2.50. The maximum atomic E-state index is 11.8. The van der Waals surface area contributed by atoms with Gasteiger partial charge in [-0.2, -0.15) is 0 Å². The van der Waals surface area contributed by atoms with E-state index in [4.69, 9.17) is 10.5 Å². The Balaban J connectivity index is 4.10. The van der Waals surface area contributed by atoms with Crippen molar-refractivity contribution in [2.24, 2.45) is 5.73 Å². The second-order valence-electron chi connectivity index (χ2n) is 4.09. The van der Waals surface area contributed by atoms with Crippen LogP contribution in [0.4, 0.5) is 0 Å². The summed E-state index contributed by atoms with van der Waals surface area (Å²) in [5.74, 6) is -0.0444. The van der Waals surface area contributed by atoms with Gasteiger partial charge in [0, 0.05) is 13.2 Å². The van der Waals surface area contributed by atoms with Gasteiger partial charge in [0.05, 0.1) is 0 Å². The summed E-state index contributed by atoms with van der Waals surface area (Å²) >= 11 is 0. The Hall–Kier alpha value is -0.610. The minimum Gasteiger partial charge on any atom is -0.369 e. The largest absolute Gasteiger partial charge is 0.369 e. The number of nitrogens with two attached hydrogens (primary N) is 1. The lowest BCUT2D eigenvalue weighted by atomic mass is 10.0. The molecule has 0 aliphatic carbocycles. The van der Waals surface area contributed by atoms with E-state index in [2.05, 4.69) is 5.32 Å². The number of methoxy groups -OCH3 is 1. The molecular weight excluding hydrogens is 192 g/mol. The summed E-state index contributed by atoms with van der Waals surface area (Å²) in [7, 11) is 1.56. The molecule has 4 heteroatoms. The molecule has 0 radical (unpaired) electrons. The van der Waals surface area contributed by atoms with E-state index in [-0.39, 0.29) is 11.9 Å². The lowest BCUT2D eigenvalue weighted by Gasteiger charge is -2.27. The fourth-order valence-electron chi connectivity index (χ4n) is 1.27. The number of hydrogen-bond donors (Lipinski definition) is 2. The fourth-order valence-corrected chi connectivity index (χ4v) is 1.27. The van der Waals surface area contributed by atoms with Crippen molar-refractivity contribution in [1.82, 2.24) is 5.32 Å². The Morgan fingerprint density at radius 2 is 2.20 bits per heavy atom. The lowest BCUT2D eigenvalue weighted by Crippen LogP contribution is -2.48. The minimum atomic E-state index is -0.711. The Labute approximate surface area is 92.6 Å². The molecule has 0 aliphatic heterocycles. The fraction of sp³-hybridized carbons (Fsp3) is 0.909. The second kappa shape index (κ2) is 6.80. The Morgan fingerprint density at radius 1 is 1.60 bits per heavy atom. The van der Waals surface area contributed by atoms with Crippen LogP contribution in [-0.4, -0.2) is 31.2 Å². The third-order valence-electron chi connectivity index (χ3n) is 2.82. The molecule has 0 spiro atoms. The average Bonchev–Trinajstić information content (AvgIpc) is 2.24. The van der Waals surface area contributed by atoms with Crippen molar-refractivity contribution in [2.45, 2.75) is 51.7 Å². The van der Waals surface area contributed by atoms with Crippen LogP contribution in [0.25, 0.3) is 0 Å². The third-order valence-corrected chi connectivity index (χ3v) is 2.82. The topological polar surface area (TPSA) is 64.3 Å². The van der Waals surface area contributed by atoms with Crippen molar-refractivity contribution in [2.75, 3.05) is 13.7 Å². The molecule has 0 fully saturated rings. The van der Waals surface area contributed by atoms with Crippen molar-refractivity contribution in [1.29, 1.82) is 0 Å². The van der Waals surface area contributed by atoms with Crippen molar-refractivity contribution < 1.29 is 9.53 Å². The average molecular weight is 216 g/mol.